The van der Waals surface area contributed by atoms with Crippen LogP contribution in [0.1, 0.15) is 22.6 Å². The molecule has 2 rings (SSSR count). The van der Waals surface area contributed by atoms with Gasteiger partial charge < -0.3 is 9.52 Å². The molecule has 0 fully saturated rings. The van der Waals surface area contributed by atoms with Crippen LogP contribution in [-0.4, -0.2) is 23.7 Å². The minimum absolute atomic E-state index is 0.121. The fourth-order valence-electron chi connectivity index (χ4n) is 1.74. The Morgan fingerprint density at radius 2 is 2.32 bits per heavy atom. The van der Waals surface area contributed by atoms with Gasteiger partial charge in [0.2, 0.25) is 0 Å². The number of aliphatic hydroxyl groups is 1. The summed E-state index contributed by atoms with van der Waals surface area (Å²) >= 11 is 1.71. The minimum Gasteiger partial charge on any atom is -0.468 e. The number of aliphatic hydroxyl groups excluding tert-OH is 1. The summed E-state index contributed by atoms with van der Waals surface area (Å²) in [7, 11) is 2.07. The Bertz CT molecular complexity index is 548. The highest BCUT2D eigenvalue weighted by Gasteiger charge is 2.05. The summed E-state index contributed by atoms with van der Waals surface area (Å²) in [5.41, 5.74) is 1.03. The summed E-state index contributed by atoms with van der Waals surface area (Å²) in [6.45, 7) is 1.80. The average molecular weight is 275 g/mol. The van der Waals surface area contributed by atoms with Crippen LogP contribution in [0.5, 0.6) is 0 Å². The van der Waals surface area contributed by atoms with Crippen molar-refractivity contribution in [1.82, 2.24) is 4.90 Å². The highest BCUT2D eigenvalue weighted by molar-refractivity contribution is 7.10. The van der Waals surface area contributed by atoms with Crippen molar-refractivity contribution in [1.29, 1.82) is 0 Å². The van der Waals surface area contributed by atoms with E-state index in [4.69, 9.17) is 9.52 Å². The predicted molar refractivity (Wildman–Crippen MR) is 76.8 cm³/mol. The second-order valence-corrected chi connectivity index (χ2v) is 5.32. The zero-order chi connectivity index (χ0) is 13.5. The van der Waals surface area contributed by atoms with Crippen molar-refractivity contribution in [3.8, 4) is 11.8 Å². The van der Waals surface area contributed by atoms with Crippen molar-refractivity contribution < 1.29 is 9.52 Å². The van der Waals surface area contributed by atoms with Gasteiger partial charge in [0.1, 0.15) is 5.76 Å². The molecular formula is C15H17NO2S. The van der Waals surface area contributed by atoms with E-state index in [9.17, 15) is 0 Å². The molecule has 0 unspecified atom stereocenters. The first-order chi connectivity index (χ1) is 9.28. The zero-order valence-corrected chi connectivity index (χ0v) is 11.7. The molecule has 0 amide bonds. The number of thiophene rings is 1. The second kappa shape index (κ2) is 7.15. The lowest BCUT2D eigenvalue weighted by Gasteiger charge is -2.13. The molecule has 0 saturated carbocycles. The van der Waals surface area contributed by atoms with E-state index in [1.807, 2.05) is 12.1 Å². The van der Waals surface area contributed by atoms with E-state index < -0.39 is 0 Å². The molecule has 19 heavy (non-hydrogen) atoms. The molecule has 0 atom stereocenters. The Balaban J connectivity index is 1.87. The van der Waals surface area contributed by atoms with Gasteiger partial charge in [-0.25, -0.2) is 0 Å². The van der Waals surface area contributed by atoms with Gasteiger partial charge in [0, 0.05) is 28.8 Å². The topological polar surface area (TPSA) is 36.6 Å². The molecule has 0 aromatic carbocycles. The lowest BCUT2D eigenvalue weighted by Crippen LogP contribution is -2.15. The van der Waals surface area contributed by atoms with Crippen LogP contribution in [0.4, 0.5) is 0 Å². The lowest BCUT2D eigenvalue weighted by molar-refractivity contribution is 0.290. The summed E-state index contributed by atoms with van der Waals surface area (Å²) in [4.78, 5) is 3.48. The maximum absolute atomic E-state index is 8.68. The molecule has 2 heterocycles. The Morgan fingerprint density at radius 1 is 1.42 bits per heavy atom. The lowest BCUT2D eigenvalue weighted by atomic mass is 10.3. The van der Waals surface area contributed by atoms with E-state index in [2.05, 4.69) is 35.2 Å². The third-order valence-corrected chi connectivity index (χ3v) is 3.48. The van der Waals surface area contributed by atoms with E-state index in [0.29, 0.717) is 6.42 Å². The summed E-state index contributed by atoms with van der Waals surface area (Å²) in [6.07, 6.45) is 2.23. The molecule has 0 bridgehead atoms. The van der Waals surface area contributed by atoms with Gasteiger partial charge in [-0.15, -0.1) is 11.3 Å². The van der Waals surface area contributed by atoms with Gasteiger partial charge in [-0.2, -0.15) is 0 Å². The van der Waals surface area contributed by atoms with Crippen LogP contribution in [-0.2, 0) is 13.1 Å². The SMILES string of the molecule is CN(Cc1ccco1)Cc1cc(C#CCCO)cs1. The number of nitrogens with zero attached hydrogens (tertiary/aromatic N) is 1. The van der Waals surface area contributed by atoms with Gasteiger partial charge in [-0.05, 0) is 25.2 Å². The van der Waals surface area contributed by atoms with Crippen LogP contribution >= 0.6 is 11.3 Å². The van der Waals surface area contributed by atoms with Crippen molar-refractivity contribution in [2.75, 3.05) is 13.7 Å². The van der Waals surface area contributed by atoms with E-state index in [1.165, 1.54) is 4.88 Å². The fraction of sp³-hybridized carbons (Fsp3) is 0.333. The highest BCUT2D eigenvalue weighted by atomic mass is 32.1. The normalized spacial score (nSPS) is 10.5. The largest absolute Gasteiger partial charge is 0.468 e. The van der Waals surface area contributed by atoms with Crippen LogP contribution in [0.25, 0.3) is 0 Å². The summed E-state index contributed by atoms with van der Waals surface area (Å²) in [5, 5.41) is 10.7. The molecule has 0 spiro atoms. The van der Waals surface area contributed by atoms with Crippen molar-refractivity contribution >= 4 is 11.3 Å². The van der Waals surface area contributed by atoms with Crippen molar-refractivity contribution in [3.63, 3.8) is 0 Å². The second-order valence-electron chi connectivity index (χ2n) is 4.33. The molecule has 3 nitrogen and oxygen atoms in total. The smallest absolute Gasteiger partial charge is 0.117 e. The fourth-order valence-corrected chi connectivity index (χ4v) is 2.64. The molecule has 0 radical (unpaired) electrons. The van der Waals surface area contributed by atoms with E-state index in [0.717, 1.165) is 24.4 Å². The van der Waals surface area contributed by atoms with E-state index >= 15 is 0 Å². The first-order valence-electron chi connectivity index (χ1n) is 6.16. The Labute approximate surface area is 117 Å². The van der Waals surface area contributed by atoms with Gasteiger partial charge in [-0.3, -0.25) is 4.90 Å². The number of rotatable bonds is 5. The van der Waals surface area contributed by atoms with Gasteiger partial charge in [0.15, 0.2) is 0 Å². The van der Waals surface area contributed by atoms with Crippen LogP contribution in [0.15, 0.2) is 34.3 Å². The first kappa shape index (κ1) is 13.9. The molecular weight excluding hydrogens is 258 g/mol. The molecule has 2 aromatic rings. The van der Waals surface area contributed by atoms with Crippen LogP contribution in [0.3, 0.4) is 0 Å². The molecule has 0 saturated heterocycles. The van der Waals surface area contributed by atoms with Crippen molar-refractivity contribution in [3.05, 3.63) is 46.0 Å². The van der Waals surface area contributed by atoms with Crippen LogP contribution < -0.4 is 0 Å². The number of hydrogen-bond acceptors (Lipinski definition) is 4. The van der Waals surface area contributed by atoms with Gasteiger partial charge in [0.25, 0.3) is 0 Å². The summed E-state index contributed by atoms with van der Waals surface area (Å²) in [6, 6.07) is 5.99. The molecule has 4 heteroatoms. The minimum atomic E-state index is 0.121. The van der Waals surface area contributed by atoms with E-state index in [1.54, 1.807) is 17.6 Å². The molecule has 100 valence electrons. The van der Waals surface area contributed by atoms with Crippen LogP contribution in [0.2, 0.25) is 0 Å². The van der Waals surface area contributed by atoms with Crippen molar-refractivity contribution in [2.45, 2.75) is 19.5 Å². The summed E-state index contributed by atoms with van der Waals surface area (Å²) < 4.78 is 5.33. The third kappa shape index (κ3) is 4.56. The molecule has 2 aromatic heterocycles. The van der Waals surface area contributed by atoms with Crippen LogP contribution in [0, 0.1) is 11.8 Å². The zero-order valence-electron chi connectivity index (χ0n) is 10.9. The monoisotopic (exact) mass is 275 g/mol. The number of furan rings is 1. The summed E-state index contributed by atoms with van der Waals surface area (Å²) in [5.74, 6) is 6.95. The first-order valence-corrected chi connectivity index (χ1v) is 7.04. The predicted octanol–water partition coefficient (Wildman–Crippen LogP) is 2.71. The Kier molecular flexibility index (Phi) is 5.22. The number of hydrogen-bond donors (Lipinski definition) is 1. The molecule has 1 N–H and O–H groups in total. The maximum atomic E-state index is 8.68. The average Bonchev–Trinajstić information content (AvgIpc) is 3.02. The Hall–Kier alpha value is -1.54. The molecule has 0 aliphatic rings. The van der Waals surface area contributed by atoms with Crippen molar-refractivity contribution in [2.24, 2.45) is 0 Å². The molecule has 0 aliphatic heterocycles. The van der Waals surface area contributed by atoms with Gasteiger partial charge in [-0.1, -0.05) is 11.8 Å². The standard InChI is InChI=1S/C15H17NO2S/c1-16(10-14-6-4-8-18-14)11-15-9-13(12-19-15)5-2-3-7-17/h4,6,8-9,12,17H,3,7,10-11H2,1H3. The highest BCUT2D eigenvalue weighted by Crippen LogP contribution is 2.16. The molecule has 0 aliphatic carbocycles. The van der Waals surface area contributed by atoms with Gasteiger partial charge >= 0.3 is 0 Å². The van der Waals surface area contributed by atoms with E-state index in [-0.39, 0.29) is 6.61 Å². The Morgan fingerprint density at radius 3 is 3.05 bits per heavy atom. The quantitative estimate of drug-likeness (QED) is 0.852. The third-order valence-electron chi connectivity index (χ3n) is 2.55. The maximum Gasteiger partial charge on any atom is 0.117 e. The van der Waals surface area contributed by atoms with Gasteiger partial charge in [0.05, 0.1) is 19.4 Å².